The first-order valence-corrected chi connectivity index (χ1v) is 7.92. The molecule has 0 atom stereocenters. The lowest BCUT2D eigenvalue weighted by Crippen LogP contribution is -2.34. The molecule has 19 heavy (non-hydrogen) atoms. The van der Waals surface area contributed by atoms with Gasteiger partial charge in [-0.1, -0.05) is 11.6 Å². The predicted molar refractivity (Wildman–Crippen MR) is 74.2 cm³/mol. The van der Waals surface area contributed by atoms with Crippen LogP contribution in [0, 0.1) is 0 Å². The summed E-state index contributed by atoms with van der Waals surface area (Å²) in [5, 5.41) is 3.56. The Bertz CT molecular complexity index is 540. The number of rotatable bonds is 3. The van der Waals surface area contributed by atoms with Gasteiger partial charge in [0.05, 0.1) is 7.11 Å². The summed E-state index contributed by atoms with van der Waals surface area (Å²) in [6.45, 7) is 2.45. The monoisotopic (exact) mass is 304 g/mol. The standard InChI is InChI=1S/C12H17ClN2O3S/c1-18-11-4-3-10(13)9-12(11)19(16,17)15-7-2-5-14-6-8-15/h3-4,9,14H,2,5-8H2,1H3. The third-order valence-corrected chi connectivity index (χ3v) is 5.20. The van der Waals surface area contributed by atoms with E-state index < -0.39 is 10.0 Å². The van der Waals surface area contributed by atoms with Gasteiger partial charge in [0.15, 0.2) is 0 Å². The molecule has 0 spiro atoms. The summed E-state index contributed by atoms with van der Waals surface area (Å²) in [5.74, 6) is 0.321. The topological polar surface area (TPSA) is 58.6 Å². The molecule has 1 aromatic carbocycles. The normalized spacial score (nSPS) is 18.0. The van der Waals surface area contributed by atoms with Gasteiger partial charge < -0.3 is 10.1 Å². The van der Waals surface area contributed by atoms with Crippen LogP contribution in [0.3, 0.4) is 0 Å². The van der Waals surface area contributed by atoms with E-state index in [1.165, 1.54) is 17.5 Å². The quantitative estimate of drug-likeness (QED) is 0.915. The van der Waals surface area contributed by atoms with Crippen molar-refractivity contribution >= 4 is 21.6 Å². The maximum absolute atomic E-state index is 12.6. The number of sulfonamides is 1. The Morgan fingerprint density at radius 1 is 1.32 bits per heavy atom. The molecule has 106 valence electrons. The number of halogens is 1. The first-order chi connectivity index (χ1) is 9.05. The van der Waals surface area contributed by atoms with Gasteiger partial charge in [-0.2, -0.15) is 4.31 Å². The van der Waals surface area contributed by atoms with Crippen LogP contribution >= 0.6 is 11.6 Å². The highest BCUT2D eigenvalue weighted by Gasteiger charge is 2.28. The van der Waals surface area contributed by atoms with Crippen molar-refractivity contribution in [1.29, 1.82) is 0 Å². The molecule has 0 unspecified atom stereocenters. The average molecular weight is 305 g/mol. The lowest BCUT2D eigenvalue weighted by Gasteiger charge is -2.21. The smallest absolute Gasteiger partial charge is 0.246 e. The zero-order valence-electron chi connectivity index (χ0n) is 10.7. The lowest BCUT2D eigenvalue weighted by molar-refractivity contribution is 0.393. The van der Waals surface area contributed by atoms with Crippen LogP contribution in [-0.2, 0) is 10.0 Å². The number of hydrogen-bond donors (Lipinski definition) is 1. The van der Waals surface area contributed by atoms with Gasteiger partial charge in [-0.3, -0.25) is 0 Å². The Morgan fingerprint density at radius 2 is 2.11 bits per heavy atom. The fourth-order valence-electron chi connectivity index (χ4n) is 2.05. The van der Waals surface area contributed by atoms with Crippen LogP contribution in [0.2, 0.25) is 5.02 Å². The molecule has 2 rings (SSSR count). The third-order valence-electron chi connectivity index (χ3n) is 3.04. The molecule has 0 amide bonds. The molecule has 1 N–H and O–H groups in total. The second kappa shape index (κ2) is 6.09. The van der Waals surface area contributed by atoms with Crippen LogP contribution in [-0.4, -0.2) is 46.0 Å². The van der Waals surface area contributed by atoms with Crippen LogP contribution in [0.4, 0.5) is 0 Å². The number of nitrogens with one attached hydrogen (secondary N) is 1. The summed E-state index contributed by atoms with van der Waals surface area (Å²) >= 11 is 5.90. The number of ether oxygens (including phenoxy) is 1. The molecular weight excluding hydrogens is 288 g/mol. The molecule has 1 aromatic rings. The van der Waals surface area contributed by atoms with Crippen LogP contribution in [0.25, 0.3) is 0 Å². The SMILES string of the molecule is COc1ccc(Cl)cc1S(=O)(=O)N1CCCNCC1. The molecule has 1 heterocycles. The Hall–Kier alpha value is -0.820. The molecule has 0 aromatic heterocycles. The van der Waals surface area contributed by atoms with Gasteiger partial charge in [0.1, 0.15) is 10.6 Å². The van der Waals surface area contributed by atoms with Crippen molar-refractivity contribution in [1.82, 2.24) is 9.62 Å². The zero-order chi connectivity index (χ0) is 13.9. The van der Waals surface area contributed by atoms with Crippen molar-refractivity contribution < 1.29 is 13.2 Å². The Morgan fingerprint density at radius 3 is 2.84 bits per heavy atom. The maximum Gasteiger partial charge on any atom is 0.246 e. The van der Waals surface area contributed by atoms with Crippen molar-refractivity contribution in [2.75, 3.05) is 33.3 Å². The van der Waals surface area contributed by atoms with Gasteiger partial charge in [0, 0.05) is 24.7 Å². The fourth-order valence-corrected chi connectivity index (χ4v) is 3.95. The summed E-state index contributed by atoms with van der Waals surface area (Å²) in [6, 6.07) is 4.63. The van der Waals surface area contributed by atoms with E-state index in [-0.39, 0.29) is 4.90 Å². The second-order valence-electron chi connectivity index (χ2n) is 4.30. The van der Waals surface area contributed by atoms with E-state index >= 15 is 0 Å². The number of nitrogens with zero attached hydrogens (tertiary/aromatic N) is 1. The molecule has 1 aliphatic rings. The van der Waals surface area contributed by atoms with E-state index in [1.54, 1.807) is 12.1 Å². The molecule has 1 aliphatic heterocycles. The summed E-state index contributed by atoms with van der Waals surface area (Å²) in [6.07, 6.45) is 0.794. The van der Waals surface area contributed by atoms with E-state index in [1.807, 2.05) is 0 Å². The highest BCUT2D eigenvalue weighted by molar-refractivity contribution is 7.89. The Balaban J connectivity index is 2.40. The van der Waals surface area contributed by atoms with E-state index in [0.717, 1.165) is 13.0 Å². The molecule has 1 saturated heterocycles. The van der Waals surface area contributed by atoms with Gasteiger partial charge in [0.25, 0.3) is 0 Å². The Labute approximate surface area is 118 Å². The van der Waals surface area contributed by atoms with Gasteiger partial charge in [0.2, 0.25) is 10.0 Å². The van der Waals surface area contributed by atoms with Crippen molar-refractivity contribution in [3.05, 3.63) is 23.2 Å². The maximum atomic E-state index is 12.6. The van der Waals surface area contributed by atoms with E-state index in [2.05, 4.69) is 5.32 Å². The predicted octanol–water partition coefficient (Wildman–Crippen LogP) is 1.33. The molecular formula is C12H17ClN2O3S. The zero-order valence-corrected chi connectivity index (χ0v) is 12.3. The Kier molecular flexibility index (Phi) is 4.67. The van der Waals surface area contributed by atoms with Gasteiger partial charge in [-0.15, -0.1) is 0 Å². The fraction of sp³-hybridized carbons (Fsp3) is 0.500. The lowest BCUT2D eigenvalue weighted by atomic mass is 10.3. The highest BCUT2D eigenvalue weighted by atomic mass is 35.5. The highest BCUT2D eigenvalue weighted by Crippen LogP contribution is 2.29. The minimum Gasteiger partial charge on any atom is -0.495 e. The summed E-state index contributed by atoms with van der Waals surface area (Å²) in [4.78, 5) is 0.129. The van der Waals surface area contributed by atoms with Crippen LogP contribution in [0.15, 0.2) is 23.1 Å². The molecule has 5 nitrogen and oxygen atoms in total. The van der Waals surface area contributed by atoms with Gasteiger partial charge >= 0.3 is 0 Å². The minimum atomic E-state index is -3.57. The summed E-state index contributed by atoms with van der Waals surface area (Å²) in [5.41, 5.74) is 0. The third kappa shape index (κ3) is 3.20. The van der Waals surface area contributed by atoms with Crippen LogP contribution in [0.5, 0.6) is 5.75 Å². The number of benzene rings is 1. The van der Waals surface area contributed by atoms with Crippen molar-refractivity contribution in [3.8, 4) is 5.75 Å². The molecule has 1 fully saturated rings. The summed E-state index contributed by atoms with van der Waals surface area (Å²) < 4.78 is 31.9. The van der Waals surface area contributed by atoms with E-state index in [9.17, 15) is 8.42 Å². The summed E-state index contributed by atoms with van der Waals surface area (Å²) in [7, 11) is -2.12. The number of methoxy groups -OCH3 is 1. The van der Waals surface area contributed by atoms with Crippen LogP contribution < -0.4 is 10.1 Å². The molecule has 0 bridgehead atoms. The minimum absolute atomic E-state index is 0.129. The van der Waals surface area contributed by atoms with E-state index in [4.69, 9.17) is 16.3 Å². The van der Waals surface area contributed by atoms with Gasteiger partial charge in [-0.25, -0.2) is 8.42 Å². The number of hydrogen-bond acceptors (Lipinski definition) is 4. The average Bonchev–Trinajstić information content (AvgIpc) is 2.68. The van der Waals surface area contributed by atoms with E-state index in [0.29, 0.717) is 30.4 Å². The largest absolute Gasteiger partial charge is 0.495 e. The molecule has 0 radical (unpaired) electrons. The molecule has 0 saturated carbocycles. The van der Waals surface area contributed by atoms with Gasteiger partial charge in [-0.05, 0) is 31.2 Å². The van der Waals surface area contributed by atoms with Crippen LogP contribution in [0.1, 0.15) is 6.42 Å². The molecule has 0 aliphatic carbocycles. The van der Waals surface area contributed by atoms with Crippen molar-refractivity contribution in [3.63, 3.8) is 0 Å². The first-order valence-electron chi connectivity index (χ1n) is 6.10. The molecule has 7 heteroatoms. The first kappa shape index (κ1) is 14.6. The van der Waals surface area contributed by atoms with Crippen molar-refractivity contribution in [2.24, 2.45) is 0 Å². The second-order valence-corrected chi connectivity index (χ2v) is 6.65. The van der Waals surface area contributed by atoms with Crippen molar-refractivity contribution in [2.45, 2.75) is 11.3 Å².